The van der Waals surface area contributed by atoms with E-state index in [-0.39, 0.29) is 16.9 Å². The molecule has 1 aromatic rings. The highest BCUT2D eigenvalue weighted by atomic mass is 16.5. The number of hydrogen-bond donors (Lipinski definition) is 2. The first-order chi connectivity index (χ1) is 15.7. The van der Waals surface area contributed by atoms with Gasteiger partial charge in [0.15, 0.2) is 0 Å². The van der Waals surface area contributed by atoms with Crippen molar-refractivity contribution in [3.63, 3.8) is 0 Å². The molecule has 0 radical (unpaired) electrons. The van der Waals surface area contributed by atoms with E-state index >= 15 is 0 Å². The molecule has 2 N–H and O–H groups in total. The fourth-order valence-electron chi connectivity index (χ4n) is 7.78. The summed E-state index contributed by atoms with van der Waals surface area (Å²) < 4.78 is 5.27. The van der Waals surface area contributed by atoms with Crippen LogP contribution in [-0.2, 0) is 9.59 Å². The Balaban J connectivity index is 1.46. The van der Waals surface area contributed by atoms with Gasteiger partial charge < -0.3 is 15.2 Å². The maximum absolute atomic E-state index is 13.4. The normalized spacial score (nSPS) is 37.1. The molecule has 0 saturated heterocycles. The number of allylic oxidation sites excluding steroid dienone is 3. The number of aliphatic carboxylic acids is 1. The van der Waals surface area contributed by atoms with E-state index in [4.69, 9.17) is 4.74 Å². The number of hydrogen-bond acceptors (Lipinski definition) is 3. The number of rotatable bonds is 4. The molecule has 33 heavy (non-hydrogen) atoms. The van der Waals surface area contributed by atoms with Gasteiger partial charge in [0.05, 0.1) is 13.0 Å². The summed E-state index contributed by atoms with van der Waals surface area (Å²) >= 11 is 0. The summed E-state index contributed by atoms with van der Waals surface area (Å²) in [6.07, 6.45) is 12.1. The number of carboxylic acids is 1. The van der Waals surface area contributed by atoms with Crippen molar-refractivity contribution in [1.29, 1.82) is 0 Å². The van der Waals surface area contributed by atoms with Crippen molar-refractivity contribution in [1.82, 2.24) is 0 Å². The van der Waals surface area contributed by atoms with Gasteiger partial charge in [-0.25, -0.2) is 4.79 Å². The van der Waals surface area contributed by atoms with Crippen molar-refractivity contribution in [2.75, 3.05) is 12.4 Å². The van der Waals surface area contributed by atoms with Gasteiger partial charge >= 0.3 is 5.97 Å². The third-order valence-corrected chi connectivity index (χ3v) is 9.52. The Morgan fingerprint density at radius 1 is 1.15 bits per heavy atom. The standard InChI is InChI=1S/C28H35NO4/c1-27-12-5-8-23(27)20-10-9-17-14-21(26(31)32)22(16-28(17,2)24(20)11-13-27)25(30)29-18-6-4-7-19(15-18)33-3/h4,6-7,9,14-15,20,22-24H,5,8,10-13,16H2,1-3H3,(H,29,30)(H,31,32)/t20-,22?,23-,24-,27-,28-/m0/s1. The lowest BCUT2D eigenvalue weighted by Crippen LogP contribution is -2.50. The fraction of sp³-hybridized carbons (Fsp3) is 0.571. The maximum atomic E-state index is 13.4. The Bertz CT molecular complexity index is 1040. The van der Waals surface area contributed by atoms with Gasteiger partial charge in [-0.05, 0) is 90.9 Å². The molecule has 5 rings (SSSR count). The molecule has 0 aromatic heterocycles. The first-order valence-electron chi connectivity index (χ1n) is 12.4. The minimum absolute atomic E-state index is 0.165. The van der Waals surface area contributed by atoms with Crippen LogP contribution in [0.15, 0.2) is 47.6 Å². The van der Waals surface area contributed by atoms with Gasteiger partial charge in [-0.15, -0.1) is 0 Å². The summed E-state index contributed by atoms with van der Waals surface area (Å²) in [5.41, 5.74) is 2.26. The molecule has 0 aliphatic heterocycles. The highest BCUT2D eigenvalue weighted by molar-refractivity contribution is 6.02. The number of amides is 1. The zero-order valence-electron chi connectivity index (χ0n) is 19.9. The molecule has 1 amide bonds. The molecule has 0 spiro atoms. The Kier molecular flexibility index (Phi) is 5.42. The Morgan fingerprint density at radius 2 is 1.97 bits per heavy atom. The summed E-state index contributed by atoms with van der Waals surface area (Å²) in [5, 5.41) is 12.9. The largest absolute Gasteiger partial charge is 0.497 e. The molecular formula is C28H35NO4. The molecule has 4 aliphatic rings. The highest BCUT2D eigenvalue weighted by Gasteiger charge is 2.56. The van der Waals surface area contributed by atoms with Crippen molar-refractivity contribution in [3.8, 4) is 5.75 Å². The van der Waals surface area contributed by atoms with Crippen LogP contribution in [0.4, 0.5) is 5.69 Å². The predicted molar refractivity (Wildman–Crippen MR) is 128 cm³/mol. The van der Waals surface area contributed by atoms with E-state index in [1.165, 1.54) is 32.1 Å². The predicted octanol–water partition coefficient (Wildman–Crippen LogP) is 5.83. The van der Waals surface area contributed by atoms with E-state index in [2.05, 4.69) is 25.2 Å². The maximum Gasteiger partial charge on any atom is 0.332 e. The van der Waals surface area contributed by atoms with E-state index in [0.29, 0.717) is 35.1 Å². The molecule has 0 heterocycles. The second-order valence-corrected chi connectivity index (χ2v) is 11.2. The monoisotopic (exact) mass is 449 g/mol. The molecule has 176 valence electrons. The van der Waals surface area contributed by atoms with Crippen LogP contribution in [0.25, 0.3) is 0 Å². The van der Waals surface area contributed by atoms with Gasteiger partial charge in [-0.2, -0.15) is 0 Å². The van der Waals surface area contributed by atoms with E-state index in [0.717, 1.165) is 17.9 Å². The second-order valence-electron chi connectivity index (χ2n) is 11.2. The summed E-state index contributed by atoms with van der Waals surface area (Å²) in [5.74, 6) is 0.624. The summed E-state index contributed by atoms with van der Waals surface area (Å²) in [7, 11) is 1.58. The van der Waals surface area contributed by atoms with E-state index < -0.39 is 11.9 Å². The Labute approximate surface area is 196 Å². The number of anilines is 1. The molecule has 5 nitrogen and oxygen atoms in total. The summed E-state index contributed by atoms with van der Waals surface area (Å²) in [4.78, 5) is 25.6. The smallest absolute Gasteiger partial charge is 0.332 e. The van der Waals surface area contributed by atoms with Gasteiger partial charge in [0.1, 0.15) is 5.75 Å². The van der Waals surface area contributed by atoms with Crippen molar-refractivity contribution < 1.29 is 19.4 Å². The van der Waals surface area contributed by atoms with Crippen LogP contribution < -0.4 is 10.1 Å². The SMILES string of the molecule is COc1cccc(NC(=O)C2C[C@@]3(C)C(=CC[C@H]4[C@@H]5CCC[C@@]5(C)CC[C@@H]43)C=C2C(=O)O)c1. The molecule has 4 aliphatic carbocycles. The van der Waals surface area contributed by atoms with Gasteiger partial charge in [0.2, 0.25) is 5.91 Å². The van der Waals surface area contributed by atoms with Crippen LogP contribution >= 0.6 is 0 Å². The molecule has 2 fully saturated rings. The minimum Gasteiger partial charge on any atom is -0.497 e. The van der Waals surface area contributed by atoms with E-state index in [1.807, 2.05) is 18.2 Å². The lowest BCUT2D eigenvalue weighted by molar-refractivity contribution is -0.135. The number of fused-ring (bicyclic) bond motifs is 5. The third kappa shape index (κ3) is 3.60. The number of benzene rings is 1. The number of methoxy groups -OCH3 is 1. The number of nitrogens with one attached hydrogen (secondary N) is 1. The van der Waals surface area contributed by atoms with Crippen LogP contribution in [0.5, 0.6) is 5.75 Å². The van der Waals surface area contributed by atoms with Crippen molar-refractivity contribution in [3.05, 3.63) is 47.6 Å². The average Bonchev–Trinajstić information content (AvgIpc) is 3.19. The zero-order valence-corrected chi connectivity index (χ0v) is 19.9. The lowest BCUT2D eigenvalue weighted by atomic mass is 9.48. The average molecular weight is 450 g/mol. The topological polar surface area (TPSA) is 75.6 Å². The fourth-order valence-corrected chi connectivity index (χ4v) is 7.78. The first kappa shape index (κ1) is 22.2. The molecule has 6 atom stereocenters. The van der Waals surface area contributed by atoms with Crippen LogP contribution in [-0.4, -0.2) is 24.1 Å². The van der Waals surface area contributed by atoms with E-state index in [9.17, 15) is 14.7 Å². The van der Waals surface area contributed by atoms with Gasteiger partial charge in [-0.1, -0.05) is 32.4 Å². The van der Waals surface area contributed by atoms with Crippen LogP contribution in [0.3, 0.4) is 0 Å². The van der Waals surface area contributed by atoms with Gasteiger partial charge in [0, 0.05) is 17.3 Å². The quantitative estimate of drug-likeness (QED) is 0.606. The Hall–Kier alpha value is -2.56. The number of carboxylic acid groups (broad SMARTS) is 1. The molecule has 2 saturated carbocycles. The zero-order chi connectivity index (χ0) is 23.4. The second kappa shape index (κ2) is 8.03. The van der Waals surface area contributed by atoms with Crippen molar-refractivity contribution in [2.24, 2.45) is 34.5 Å². The van der Waals surface area contributed by atoms with Crippen LogP contribution in [0.2, 0.25) is 0 Å². The van der Waals surface area contributed by atoms with Crippen molar-refractivity contribution >= 4 is 17.6 Å². The van der Waals surface area contributed by atoms with E-state index in [1.54, 1.807) is 19.2 Å². The van der Waals surface area contributed by atoms with Crippen LogP contribution in [0.1, 0.15) is 58.8 Å². The third-order valence-electron chi connectivity index (χ3n) is 9.52. The summed E-state index contributed by atoms with van der Waals surface area (Å²) in [6, 6.07) is 7.20. The highest BCUT2D eigenvalue weighted by Crippen LogP contribution is 2.65. The van der Waals surface area contributed by atoms with Crippen molar-refractivity contribution in [2.45, 2.75) is 58.8 Å². The molecule has 1 aromatic carbocycles. The molecular weight excluding hydrogens is 414 g/mol. The minimum atomic E-state index is -1.00. The lowest BCUT2D eigenvalue weighted by Gasteiger charge is -2.56. The number of ether oxygens (including phenoxy) is 1. The molecule has 0 bridgehead atoms. The number of carbonyl (C=O) groups is 2. The summed E-state index contributed by atoms with van der Waals surface area (Å²) in [6.45, 7) is 4.77. The number of carbonyl (C=O) groups excluding carboxylic acids is 1. The first-order valence-corrected chi connectivity index (χ1v) is 12.4. The van der Waals surface area contributed by atoms with Gasteiger partial charge in [-0.3, -0.25) is 4.79 Å². The Morgan fingerprint density at radius 3 is 2.73 bits per heavy atom. The molecule has 1 unspecified atom stereocenters. The molecule has 5 heteroatoms. The van der Waals surface area contributed by atoms with Crippen LogP contribution in [0, 0.1) is 34.5 Å². The van der Waals surface area contributed by atoms with Gasteiger partial charge in [0.25, 0.3) is 0 Å².